The molecule has 0 aromatic heterocycles. The highest BCUT2D eigenvalue weighted by molar-refractivity contribution is 14.1. The van der Waals surface area contributed by atoms with Crippen molar-refractivity contribution in [1.82, 2.24) is 0 Å². The van der Waals surface area contributed by atoms with Crippen molar-refractivity contribution in [1.29, 1.82) is 0 Å². The Labute approximate surface area is 275 Å². The number of amides is 2. The van der Waals surface area contributed by atoms with Crippen molar-refractivity contribution >= 4 is 74.5 Å². The minimum atomic E-state index is -0.274. The quantitative estimate of drug-likeness (QED) is 0.139. The highest BCUT2D eigenvalue weighted by Crippen LogP contribution is 2.40. The van der Waals surface area contributed by atoms with Crippen LogP contribution in [-0.4, -0.2) is 30.2 Å². The third kappa shape index (κ3) is 7.70. The van der Waals surface area contributed by atoms with Gasteiger partial charge in [0.2, 0.25) is 0 Å². The van der Waals surface area contributed by atoms with Crippen LogP contribution in [0.25, 0.3) is 6.08 Å². The maximum atomic E-state index is 13.8. The van der Waals surface area contributed by atoms with Gasteiger partial charge in [-0.2, -0.15) is 0 Å². The van der Waals surface area contributed by atoms with Gasteiger partial charge in [0.1, 0.15) is 0 Å². The van der Waals surface area contributed by atoms with Gasteiger partial charge >= 0.3 is 0 Å². The van der Waals surface area contributed by atoms with Crippen LogP contribution in [0.15, 0.2) is 94.8 Å². The molecule has 0 saturated carbocycles. The number of halogens is 1. The highest BCUT2D eigenvalue weighted by Gasteiger charge is 2.35. The summed E-state index contributed by atoms with van der Waals surface area (Å²) in [5.41, 5.74) is 6.30. The van der Waals surface area contributed by atoms with E-state index >= 15 is 0 Å². The van der Waals surface area contributed by atoms with Crippen LogP contribution in [0.3, 0.4) is 0 Å². The molecule has 44 heavy (non-hydrogen) atoms. The first-order valence-electron chi connectivity index (χ1n) is 14.1. The van der Waals surface area contributed by atoms with E-state index in [4.69, 9.17) is 14.5 Å². The van der Waals surface area contributed by atoms with E-state index in [-0.39, 0.29) is 18.4 Å². The number of ether oxygens (including phenoxy) is 2. The molecule has 4 aromatic carbocycles. The molecule has 5 rings (SSSR count). The van der Waals surface area contributed by atoms with Crippen LogP contribution in [0.1, 0.15) is 29.2 Å². The molecule has 0 bridgehead atoms. The minimum Gasteiger partial charge on any atom is -0.490 e. The van der Waals surface area contributed by atoms with Crippen molar-refractivity contribution in [2.75, 3.05) is 23.4 Å². The highest BCUT2D eigenvalue weighted by atomic mass is 127. The average Bonchev–Trinajstić information content (AvgIpc) is 3.28. The molecule has 0 radical (unpaired) electrons. The Morgan fingerprint density at radius 1 is 0.932 bits per heavy atom. The first-order chi connectivity index (χ1) is 21.2. The Kier molecular flexibility index (Phi) is 10.1. The fourth-order valence-corrected chi connectivity index (χ4v) is 6.27. The van der Waals surface area contributed by atoms with Gasteiger partial charge in [-0.25, -0.2) is 4.99 Å². The average molecular weight is 718 g/mol. The smallest absolute Gasteiger partial charge is 0.271 e. The molecule has 0 unspecified atom stereocenters. The van der Waals surface area contributed by atoms with Gasteiger partial charge in [-0.3, -0.25) is 14.5 Å². The number of hydrogen-bond donors (Lipinski definition) is 1. The number of benzene rings is 4. The molecular formula is C35H32IN3O4S. The number of rotatable bonds is 9. The second kappa shape index (κ2) is 14.1. The van der Waals surface area contributed by atoms with E-state index < -0.39 is 0 Å². The number of nitrogens with one attached hydrogen (secondary N) is 1. The van der Waals surface area contributed by atoms with Gasteiger partial charge in [0.05, 0.1) is 26.5 Å². The topological polar surface area (TPSA) is 80.2 Å². The molecule has 1 aliphatic rings. The first-order valence-corrected chi connectivity index (χ1v) is 16.0. The molecule has 1 heterocycles. The Hall–Kier alpha value is -4.09. The van der Waals surface area contributed by atoms with Gasteiger partial charge in [0, 0.05) is 5.69 Å². The molecule has 1 fully saturated rings. The molecule has 1 saturated heterocycles. The normalized spacial score (nSPS) is 14.8. The van der Waals surface area contributed by atoms with Gasteiger partial charge in [0.15, 0.2) is 23.3 Å². The summed E-state index contributed by atoms with van der Waals surface area (Å²) >= 11 is 3.49. The first kappa shape index (κ1) is 31.3. The molecule has 1 aliphatic heterocycles. The number of anilines is 2. The summed E-state index contributed by atoms with van der Waals surface area (Å²) in [4.78, 5) is 33.4. The van der Waals surface area contributed by atoms with E-state index in [2.05, 4.69) is 27.9 Å². The van der Waals surface area contributed by atoms with E-state index in [1.165, 1.54) is 11.8 Å². The second-order valence-corrected chi connectivity index (χ2v) is 12.5. The largest absolute Gasteiger partial charge is 0.490 e. The van der Waals surface area contributed by atoms with Gasteiger partial charge in [-0.1, -0.05) is 47.5 Å². The maximum absolute atomic E-state index is 13.8. The zero-order valence-electron chi connectivity index (χ0n) is 24.9. The zero-order valence-corrected chi connectivity index (χ0v) is 27.9. The summed E-state index contributed by atoms with van der Waals surface area (Å²) in [6, 6.07) is 27.0. The summed E-state index contributed by atoms with van der Waals surface area (Å²) in [5.74, 6) is 0.534. The SMILES string of the molecule is CCOc1cc(/C=C2\SC(=Nc3ccc(C)cc3)N(c3ccc(C)cc3)C2=O)cc(I)c1OCC(=O)Nc1cccc(C)c1. The molecule has 7 nitrogen and oxygen atoms in total. The zero-order chi connectivity index (χ0) is 31.2. The fraction of sp³-hybridized carbons (Fsp3) is 0.171. The van der Waals surface area contributed by atoms with E-state index in [1.54, 1.807) is 4.90 Å². The Bertz CT molecular complexity index is 1750. The summed E-state index contributed by atoms with van der Waals surface area (Å²) < 4.78 is 12.6. The number of nitrogens with zero attached hydrogens (tertiary/aromatic N) is 2. The third-order valence-electron chi connectivity index (χ3n) is 6.64. The molecule has 0 spiro atoms. The van der Waals surface area contributed by atoms with Crippen molar-refractivity contribution < 1.29 is 19.1 Å². The number of aliphatic imine (C=N–C) groups is 1. The number of aryl methyl sites for hydroxylation is 3. The van der Waals surface area contributed by atoms with Crippen molar-refractivity contribution in [3.63, 3.8) is 0 Å². The minimum absolute atomic E-state index is 0.161. The number of carbonyl (C=O) groups is 2. The summed E-state index contributed by atoms with van der Waals surface area (Å²) in [5, 5.41) is 3.44. The van der Waals surface area contributed by atoms with Gasteiger partial charge in [-0.05, 0) is 128 Å². The predicted octanol–water partition coefficient (Wildman–Crippen LogP) is 8.44. The lowest BCUT2D eigenvalue weighted by Gasteiger charge is -2.16. The molecule has 4 aromatic rings. The van der Waals surface area contributed by atoms with Crippen molar-refractivity contribution in [3.8, 4) is 11.5 Å². The van der Waals surface area contributed by atoms with E-state index in [9.17, 15) is 9.59 Å². The van der Waals surface area contributed by atoms with Crippen LogP contribution in [0.4, 0.5) is 17.1 Å². The maximum Gasteiger partial charge on any atom is 0.271 e. The predicted molar refractivity (Wildman–Crippen MR) is 188 cm³/mol. The molecule has 9 heteroatoms. The lowest BCUT2D eigenvalue weighted by Crippen LogP contribution is -2.28. The Balaban J connectivity index is 1.42. The van der Waals surface area contributed by atoms with Crippen LogP contribution in [0, 0.1) is 24.3 Å². The number of hydrogen-bond acceptors (Lipinski definition) is 6. The van der Waals surface area contributed by atoms with Crippen molar-refractivity contribution in [2.45, 2.75) is 27.7 Å². The van der Waals surface area contributed by atoms with Crippen LogP contribution in [0.2, 0.25) is 0 Å². The van der Waals surface area contributed by atoms with Gasteiger partial charge in [0.25, 0.3) is 11.8 Å². The van der Waals surface area contributed by atoms with Crippen LogP contribution in [-0.2, 0) is 9.59 Å². The van der Waals surface area contributed by atoms with Gasteiger partial charge < -0.3 is 14.8 Å². The van der Waals surface area contributed by atoms with E-state index in [1.807, 2.05) is 119 Å². The lowest BCUT2D eigenvalue weighted by molar-refractivity contribution is -0.118. The van der Waals surface area contributed by atoms with E-state index in [0.29, 0.717) is 33.9 Å². The van der Waals surface area contributed by atoms with Gasteiger partial charge in [-0.15, -0.1) is 0 Å². The molecule has 1 N–H and O–H groups in total. The molecule has 0 aliphatic carbocycles. The molecule has 2 amide bonds. The molecular weight excluding hydrogens is 685 g/mol. The Morgan fingerprint density at radius 3 is 2.32 bits per heavy atom. The second-order valence-electron chi connectivity index (χ2n) is 10.3. The summed E-state index contributed by atoms with van der Waals surface area (Å²) in [6.45, 7) is 8.12. The van der Waals surface area contributed by atoms with Crippen LogP contribution >= 0.6 is 34.4 Å². The standard InChI is InChI=1S/C35H32IN3O4S/c1-5-42-30-19-25(18-29(36)33(30)43-21-32(40)37-27-8-6-7-24(4)17-27)20-31-34(41)39(28-15-11-23(3)12-16-28)35(44-31)38-26-13-9-22(2)10-14-26/h6-20H,5,21H2,1-4H3,(H,37,40)/b31-20-,38-35?. The summed E-state index contributed by atoms with van der Waals surface area (Å²) in [6.07, 6.45) is 1.84. The molecule has 0 atom stereocenters. The molecule has 224 valence electrons. The fourth-order valence-electron chi connectivity index (χ4n) is 4.48. The van der Waals surface area contributed by atoms with Crippen molar-refractivity contribution in [2.24, 2.45) is 4.99 Å². The number of carbonyl (C=O) groups excluding carboxylic acids is 2. The van der Waals surface area contributed by atoms with E-state index in [0.717, 1.165) is 37.2 Å². The summed E-state index contributed by atoms with van der Waals surface area (Å²) in [7, 11) is 0. The Morgan fingerprint density at radius 2 is 1.64 bits per heavy atom. The van der Waals surface area contributed by atoms with Crippen LogP contribution in [0.5, 0.6) is 11.5 Å². The van der Waals surface area contributed by atoms with Crippen LogP contribution < -0.4 is 19.7 Å². The monoisotopic (exact) mass is 717 g/mol. The lowest BCUT2D eigenvalue weighted by atomic mass is 10.1. The number of amidine groups is 1. The van der Waals surface area contributed by atoms with Crippen molar-refractivity contribution in [3.05, 3.63) is 116 Å². The third-order valence-corrected chi connectivity index (χ3v) is 8.41. The number of thioether (sulfide) groups is 1.